The van der Waals surface area contributed by atoms with Crippen LogP contribution in [0.25, 0.3) is 22.0 Å². The van der Waals surface area contributed by atoms with Gasteiger partial charge in [0.05, 0.1) is 18.5 Å². The smallest absolute Gasteiger partial charge is 0.206 e. The van der Waals surface area contributed by atoms with Crippen molar-refractivity contribution in [2.24, 2.45) is 10.1 Å². The van der Waals surface area contributed by atoms with E-state index < -0.39 is 0 Å². The first-order valence-electron chi connectivity index (χ1n) is 9.04. The molecule has 0 aliphatic carbocycles. The number of aromatic nitrogens is 1. The van der Waals surface area contributed by atoms with Crippen molar-refractivity contribution in [3.63, 3.8) is 0 Å². The van der Waals surface area contributed by atoms with Crippen molar-refractivity contribution in [2.75, 3.05) is 6.54 Å². The number of rotatable bonds is 5. The summed E-state index contributed by atoms with van der Waals surface area (Å²) in [6.07, 6.45) is 3.29. The Morgan fingerprint density at radius 2 is 1.86 bits per heavy atom. The Labute approximate surface area is 171 Å². The lowest BCUT2D eigenvalue weighted by Gasteiger charge is -2.08. The molecular weight excluding hydrogens is 382 g/mol. The molecule has 3 aromatic carbocycles. The minimum atomic E-state index is -0.0409. The summed E-state index contributed by atoms with van der Waals surface area (Å²) in [5.41, 5.74) is 2.45. The Morgan fingerprint density at radius 3 is 2.69 bits per heavy atom. The number of hydrogen-bond donors (Lipinski definition) is 2. The fraction of sp³-hybridized carbons (Fsp3) is 0.0435. The van der Waals surface area contributed by atoms with Gasteiger partial charge in [0.25, 0.3) is 0 Å². The lowest BCUT2D eigenvalue weighted by molar-refractivity contribution is 0.450. The third-order valence-electron chi connectivity index (χ3n) is 4.43. The van der Waals surface area contributed by atoms with Gasteiger partial charge in [0.2, 0.25) is 4.80 Å². The quantitative estimate of drug-likeness (QED) is 0.374. The van der Waals surface area contributed by atoms with Gasteiger partial charge in [-0.15, -0.1) is 17.9 Å². The largest absolute Gasteiger partial charge is 0.508 e. The Kier molecular flexibility index (Phi) is 5.27. The van der Waals surface area contributed by atoms with Crippen molar-refractivity contribution in [1.29, 1.82) is 0 Å². The van der Waals surface area contributed by atoms with Crippen LogP contribution in [0.2, 0.25) is 0 Å². The van der Waals surface area contributed by atoms with Gasteiger partial charge in [-0.1, -0.05) is 48.5 Å². The summed E-state index contributed by atoms with van der Waals surface area (Å²) >= 11 is 1.49. The number of benzene rings is 3. The molecule has 0 atom stereocenters. The molecule has 0 saturated heterocycles. The normalized spacial score (nSPS) is 12.1. The predicted octanol–water partition coefficient (Wildman–Crippen LogP) is 4.75. The number of phenols is 2. The maximum absolute atomic E-state index is 10.1. The number of aromatic hydroxyl groups is 2. The molecule has 0 saturated carbocycles. The first kappa shape index (κ1) is 18.7. The SMILES string of the molecule is C=CCN=c1scc(-c2cccc3ccccc23)n1N=Cc1ccc(O)cc1O. The van der Waals surface area contributed by atoms with E-state index in [1.165, 1.54) is 23.5 Å². The Bertz CT molecular complexity index is 1280. The van der Waals surface area contributed by atoms with Gasteiger partial charge in [0.1, 0.15) is 11.5 Å². The topological polar surface area (TPSA) is 70.1 Å². The number of phenolic OH excluding ortho intramolecular Hbond substituents is 2. The summed E-state index contributed by atoms with van der Waals surface area (Å²) in [7, 11) is 0. The van der Waals surface area contributed by atoms with Gasteiger partial charge in [0.15, 0.2) is 0 Å². The molecule has 0 bridgehead atoms. The zero-order valence-corrected chi connectivity index (χ0v) is 16.4. The fourth-order valence-electron chi connectivity index (χ4n) is 3.06. The van der Waals surface area contributed by atoms with Gasteiger partial charge < -0.3 is 10.2 Å². The van der Waals surface area contributed by atoms with Gasteiger partial charge in [0, 0.05) is 22.6 Å². The Balaban J connectivity index is 1.89. The Hall–Kier alpha value is -3.64. The summed E-state index contributed by atoms with van der Waals surface area (Å²) in [6.45, 7) is 4.21. The molecule has 5 nitrogen and oxygen atoms in total. The van der Waals surface area contributed by atoms with Crippen LogP contribution >= 0.6 is 11.3 Å². The number of thiazole rings is 1. The summed E-state index contributed by atoms with van der Waals surface area (Å²) in [5.74, 6) is -0.0400. The third-order valence-corrected chi connectivity index (χ3v) is 5.29. The van der Waals surface area contributed by atoms with Gasteiger partial charge in [-0.25, -0.2) is 4.68 Å². The highest BCUT2D eigenvalue weighted by Crippen LogP contribution is 2.29. The van der Waals surface area contributed by atoms with Crippen molar-refractivity contribution < 1.29 is 10.2 Å². The van der Waals surface area contributed by atoms with E-state index in [0.717, 1.165) is 26.8 Å². The van der Waals surface area contributed by atoms with E-state index in [0.29, 0.717) is 12.1 Å². The molecule has 0 amide bonds. The van der Waals surface area contributed by atoms with Gasteiger partial charge in [-0.05, 0) is 22.9 Å². The number of nitrogens with zero attached hydrogens (tertiary/aromatic N) is 3. The fourth-order valence-corrected chi connectivity index (χ4v) is 3.90. The summed E-state index contributed by atoms with van der Waals surface area (Å²) in [4.78, 5) is 5.27. The van der Waals surface area contributed by atoms with Crippen LogP contribution in [0.3, 0.4) is 0 Å². The maximum Gasteiger partial charge on any atom is 0.206 e. The summed E-state index contributed by atoms with van der Waals surface area (Å²) in [5, 5.41) is 28.4. The monoisotopic (exact) mass is 401 g/mol. The second-order valence-electron chi connectivity index (χ2n) is 6.36. The van der Waals surface area contributed by atoms with E-state index in [9.17, 15) is 10.2 Å². The summed E-state index contributed by atoms with van der Waals surface area (Å²) < 4.78 is 1.77. The van der Waals surface area contributed by atoms with Crippen LogP contribution in [-0.2, 0) is 0 Å². The van der Waals surface area contributed by atoms with Crippen molar-refractivity contribution in [2.45, 2.75) is 0 Å². The van der Waals surface area contributed by atoms with E-state index in [2.05, 4.69) is 40.9 Å². The van der Waals surface area contributed by atoms with Crippen molar-refractivity contribution in [3.05, 3.63) is 89.1 Å². The summed E-state index contributed by atoms with van der Waals surface area (Å²) in [6, 6.07) is 18.8. The molecular formula is C23H19N3O2S. The second-order valence-corrected chi connectivity index (χ2v) is 7.20. The molecule has 0 aliphatic heterocycles. The van der Waals surface area contributed by atoms with E-state index in [1.54, 1.807) is 23.0 Å². The maximum atomic E-state index is 10.1. The minimum absolute atomic E-state index is 0.000882. The lowest BCUT2D eigenvalue weighted by Crippen LogP contribution is -2.12. The van der Waals surface area contributed by atoms with Gasteiger partial charge in [-0.2, -0.15) is 5.10 Å². The standard InChI is InChI=1S/C23H19N3O2S/c1-2-12-24-23-26(25-14-17-10-11-18(27)13-22(17)28)21(15-29-23)20-9-5-7-16-6-3-4-8-19(16)20/h2-11,13-15,27-28H,1,12H2. The molecule has 0 fully saturated rings. The van der Waals surface area contributed by atoms with E-state index >= 15 is 0 Å². The molecule has 1 aromatic heterocycles. The number of fused-ring (bicyclic) bond motifs is 1. The highest BCUT2D eigenvalue weighted by Gasteiger charge is 2.11. The minimum Gasteiger partial charge on any atom is -0.508 e. The zero-order valence-electron chi connectivity index (χ0n) is 15.6. The highest BCUT2D eigenvalue weighted by molar-refractivity contribution is 7.07. The third kappa shape index (κ3) is 3.83. The van der Waals surface area contributed by atoms with E-state index in [1.807, 2.05) is 23.6 Å². The van der Waals surface area contributed by atoms with Crippen LogP contribution in [0.5, 0.6) is 11.5 Å². The zero-order chi connectivity index (χ0) is 20.2. The van der Waals surface area contributed by atoms with Crippen LogP contribution in [-0.4, -0.2) is 27.6 Å². The molecule has 0 spiro atoms. The lowest BCUT2D eigenvalue weighted by atomic mass is 10.0. The van der Waals surface area contributed by atoms with Crippen molar-refractivity contribution in [1.82, 2.24) is 4.68 Å². The van der Waals surface area contributed by atoms with Gasteiger partial charge in [-0.3, -0.25) is 4.99 Å². The van der Waals surface area contributed by atoms with Gasteiger partial charge >= 0.3 is 0 Å². The molecule has 0 radical (unpaired) electrons. The van der Waals surface area contributed by atoms with Crippen LogP contribution in [0.4, 0.5) is 0 Å². The molecule has 6 heteroatoms. The highest BCUT2D eigenvalue weighted by atomic mass is 32.1. The molecule has 29 heavy (non-hydrogen) atoms. The molecule has 144 valence electrons. The van der Waals surface area contributed by atoms with E-state index in [-0.39, 0.29) is 11.5 Å². The van der Waals surface area contributed by atoms with Crippen LogP contribution < -0.4 is 4.80 Å². The van der Waals surface area contributed by atoms with Crippen molar-refractivity contribution >= 4 is 28.3 Å². The first-order chi connectivity index (χ1) is 14.2. The van der Waals surface area contributed by atoms with Crippen LogP contribution in [0, 0.1) is 0 Å². The average molecular weight is 401 g/mol. The average Bonchev–Trinajstić information content (AvgIpc) is 3.13. The molecule has 2 N–H and O–H groups in total. The molecule has 1 heterocycles. The van der Waals surface area contributed by atoms with Crippen molar-refractivity contribution in [3.8, 4) is 22.8 Å². The molecule has 0 aliphatic rings. The van der Waals surface area contributed by atoms with E-state index in [4.69, 9.17) is 0 Å². The van der Waals surface area contributed by atoms with Crippen LogP contribution in [0.1, 0.15) is 5.56 Å². The second kappa shape index (κ2) is 8.16. The Morgan fingerprint density at radius 1 is 1.03 bits per heavy atom. The molecule has 4 aromatic rings. The molecule has 4 rings (SSSR count). The molecule has 0 unspecified atom stereocenters. The van der Waals surface area contributed by atoms with Crippen LogP contribution in [0.15, 0.2) is 88.8 Å². The predicted molar refractivity (Wildman–Crippen MR) is 119 cm³/mol. The first-order valence-corrected chi connectivity index (χ1v) is 9.92. The number of hydrogen-bond acceptors (Lipinski definition) is 5.